The lowest BCUT2D eigenvalue weighted by Crippen LogP contribution is -2.49. The molecule has 0 saturated heterocycles. The highest BCUT2D eigenvalue weighted by Gasteiger charge is 2.26. The van der Waals surface area contributed by atoms with Crippen LogP contribution in [0, 0.1) is 6.92 Å². The highest BCUT2D eigenvalue weighted by Crippen LogP contribution is 2.27. The monoisotopic (exact) mass is 494 g/mol. The van der Waals surface area contributed by atoms with Gasteiger partial charge < -0.3 is 15.0 Å². The molecule has 0 aliphatic heterocycles. The number of benzene rings is 2. The summed E-state index contributed by atoms with van der Waals surface area (Å²) in [5.74, 6) is -0.0356. The van der Waals surface area contributed by atoms with Crippen molar-refractivity contribution in [2.75, 3.05) is 13.2 Å². The third kappa shape index (κ3) is 7.03. The SMILES string of the molecule is CCCCNC(=O)C(C)N(Cc1ccccc1C)C(=O)COc1ccc(Br)cc1Cl. The van der Waals surface area contributed by atoms with E-state index in [1.165, 1.54) is 0 Å². The molecule has 5 nitrogen and oxygen atoms in total. The zero-order valence-electron chi connectivity index (χ0n) is 17.6. The molecular weight excluding hydrogens is 468 g/mol. The molecule has 0 aromatic heterocycles. The third-order valence-electron chi connectivity index (χ3n) is 4.84. The molecule has 0 aliphatic carbocycles. The Morgan fingerprint density at radius 2 is 1.97 bits per heavy atom. The molecule has 0 spiro atoms. The number of carbonyl (C=O) groups excluding carboxylic acids is 2. The molecule has 2 rings (SSSR count). The largest absolute Gasteiger partial charge is 0.482 e. The molecule has 30 heavy (non-hydrogen) atoms. The van der Waals surface area contributed by atoms with Crippen molar-refractivity contribution in [1.29, 1.82) is 0 Å². The molecule has 1 atom stereocenters. The van der Waals surface area contributed by atoms with E-state index in [1.807, 2.05) is 31.2 Å². The van der Waals surface area contributed by atoms with Gasteiger partial charge in [-0.05, 0) is 49.6 Å². The van der Waals surface area contributed by atoms with Crippen molar-refractivity contribution in [3.63, 3.8) is 0 Å². The molecule has 1 unspecified atom stereocenters. The minimum absolute atomic E-state index is 0.174. The zero-order chi connectivity index (χ0) is 22.1. The van der Waals surface area contributed by atoms with E-state index in [1.54, 1.807) is 30.0 Å². The summed E-state index contributed by atoms with van der Waals surface area (Å²) in [7, 11) is 0. The van der Waals surface area contributed by atoms with Gasteiger partial charge in [0.1, 0.15) is 11.8 Å². The fourth-order valence-electron chi connectivity index (χ4n) is 2.90. The number of nitrogens with zero attached hydrogens (tertiary/aromatic N) is 1. The van der Waals surface area contributed by atoms with E-state index >= 15 is 0 Å². The normalized spacial score (nSPS) is 11.6. The van der Waals surface area contributed by atoms with Crippen molar-refractivity contribution in [3.8, 4) is 5.75 Å². The zero-order valence-corrected chi connectivity index (χ0v) is 19.9. The Morgan fingerprint density at radius 3 is 2.63 bits per heavy atom. The summed E-state index contributed by atoms with van der Waals surface area (Å²) < 4.78 is 6.48. The van der Waals surface area contributed by atoms with Crippen molar-refractivity contribution in [2.24, 2.45) is 0 Å². The Labute approximate surface area is 191 Å². The summed E-state index contributed by atoms with van der Waals surface area (Å²) in [6.07, 6.45) is 1.89. The number of rotatable bonds is 10. The lowest BCUT2D eigenvalue weighted by atomic mass is 10.1. The molecule has 162 valence electrons. The van der Waals surface area contributed by atoms with Gasteiger partial charge in [-0.1, -0.05) is 65.1 Å². The van der Waals surface area contributed by atoms with Crippen LogP contribution in [0.25, 0.3) is 0 Å². The fraction of sp³-hybridized carbons (Fsp3) is 0.391. The van der Waals surface area contributed by atoms with Crippen LogP contribution in [-0.4, -0.2) is 35.9 Å². The average molecular weight is 496 g/mol. The van der Waals surface area contributed by atoms with Crippen LogP contribution in [0.3, 0.4) is 0 Å². The van der Waals surface area contributed by atoms with E-state index in [2.05, 4.69) is 28.2 Å². The summed E-state index contributed by atoms with van der Waals surface area (Å²) in [5, 5.41) is 3.32. The van der Waals surface area contributed by atoms with Gasteiger partial charge in [-0.15, -0.1) is 0 Å². The molecule has 0 aliphatic rings. The van der Waals surface area contributed by atoms with Crippen LogP contribution >= 0.6 is 27.5 Å². The topological polar surface area (TPSA) is 58.6 Å². The minimum Gasteiger partial charge on any atom is -0.482 e. The maximum absolute atomic E-state index is 13.1. The molecule has 0 saturated carbocycles. The predicted molar refractivity (Wildman–Crippen MR) is 124 cm³/mol. The van der Waals surface area contributed by atoms with E-state index < -0.39 is 6.04 Å². The van der Waals surface area contributed by atoms with E-state index in [0.29, 0.717) is 23.9 Å². The highest BCUT2D eigenvalue weighted by molar-refractivity contribution is 9.10. The lowest BCUT2D eigenvalue weighted by molar-refractivity contribution is -0.142. The molecule has 0 radical (unpaired) electrons. The Balaban J connectivity index is 2.15. The number of aryl methyl sites for hydroxylation is 1. The minimum atomic E-state index is -0.627. The van der Waals surface area contributed by atoms with Crippen LogP contribution in [0.1, 0.15) is 37.8 Å². The first-order chi connectivity index (χ1) is 14.3. The molecule has 0 bridgehead atoms. The van der Waals surface area contributed by atoms with Gasteiger partial charge in [0.15, 0.2) is 6.61 Å². The molecule has 7 heteroatoms. The number of amides is 2. The van der Waals surface area contributed by atoms with Crippen LogP contribution in [-0.2, 0) is 16.1 Å². The Morgan fingerprint density at radius 1 is 1.23 bits per heavy atom. The number of ether oxygens (including phenoxy) is 1. The predicted octanol–water partition coefficient (Wildman–Crippen LogP) is 5.12. The van der Waals surface area contributed by atoms with E-state index in [9.17, 15) is 9.59 Å². The second-order valence-corrected chi connectivity index (χ2v) is 8.45. The maximum Gasteiger partial charge on any atom is 0.261 e. The first kappa shape index (κ1) is 24.2. The smallest absolute Gasteiger partial charge is 0.261 e. The van der Waals surface area contributed by atoms with Crippen molar-refractivity contribution >= 4 is 39.3 Å². The van der Waals surface area contributed by atoms with Gasteiger partial charge >= 0.3 is 0 Å². The molecular formula is C23H28BrClN2O3. The van der Waals surface area contributed by atoms with Gasteiger partial charge in [-0.25, -0.2) is 0 Å². The second kappa shape index (κ2) is 12.0. The molecule has 1 N–H and O–H groups in total. The number of halogens is 2. The number of carbonyl (C=O) groups is 2. The van der Waals surface area contributed by atoms with Crippen molar-refractivity contribution in [1.82, 2.24) is 10.2 Å². The molecule has 0 heterocycles. The summed E-state index contributed by atoms with van der Waals surface area (Å²) >= 11 is 9.53. The Kier molecular flexibility index (Phi) is 9.66. The standard InChI is InChI=1S/C23H28BrClN2O3/c1-4-5-12-26-23(29)17(3)27(14-18-9-7-6-8-16(18)2)22(28)15-30-21-11-10-19(24)13-20(21)25/h6-11,13,17H,4-5,12,14-15H2,1-3H3,(H,26,29). The van der Waals surface area contributed by atoms with Gasteiger partial charge in [-0.2, -0.15) is 0 Å². The molecule has 2 aromatic carbocycles. The number of hydrogen-bond acceptors (Lipinski definition) is 3. The van der Waals surface area contributed by atoms with Crippen molar-refractivity contribution in [2.45, 2.75) is 46.2 Å². The van der Waals surface area contributed by atoms with Crippen LogP contribution in [0.2, 0.25) is 5.02 Å². The molecule has 2 amide bonds. The number of unbranched alkanes of at least 4 members (excludes halogenated alkanes) is 1. The number of hydrogen-bond donors (Lipinski definition) is 1. The van der Waals surface area contributed by atoms with Gasteiger partial charge in [0, 0.05) is 17.6 Å². The quantitative estimate of drug-likeness (QED) is 0.465. The summed E-state index contributed by atoms with van der Waals surface area (Å²) in [4.78, 5) is 27.2. The van der Waals surface area contributed by atoms with Gasteiger partial charge in [0.25, 0.3) is 5.91 Å². The molecule has 0 fully saturated rings. The maximum atomic E-state index is 13.1. The first-order valence-electron chi connectivity index (χ1n) is 10.0. The Bertz CT molecular complexity index is 875. The summed E-state index contributed by atoms with van der Waals surface area (Å²) in [5.41, 5.74) is 2.05. The van der Waals surface area contributed by atoms with Gasteiger partial charge in [0.2, 0.25) is 5.91 Å². The average Bonchev–Trinajstić information content (AvgIpc) is 2.72. The third-order valence-corrected chi connectivity index (χ3v) is 5.63. The van der Waals surface area contributed by atoms with Crippen LogP contribution in [0.4, 0.5) is 0 Å². The lowest BCUT2D eigenvalue weighted by Gasteiger charge is -2.29. The van der Waals surface area contributed by atoms with E-state index in [4.69, 9.17) is 16.3 Å². The van der Waals surface area contributed by atoms with Crippen LogP contribution < -0.4 is 10.1 Å². The van der Waals surface area contributed by atoms with E-state index in [0.717, 1.165) is 28.4 Å². The Hall–Kier alpha value is -2.05. The summed E-state index contributed by atoms with van der Waals surface area (Å²) in [6, 6.07) is 12.4. The van der Waals surface area contributed by atoms with Crippen molar-refractivity contribution in [3.05, 3.63) is 63.1 Å². The summed E-state index contributed by atoms with van der Waals surface area (Å²) in [6.45, 7) is 6.50. The molecule has 2 aromatic rings. The van der Waals surface area contributed by atoms with Crippen molar-refractivity contribution < 1.29 is 14.3 Å². The van der Waals surface area contributed by atoms with Gasteiger partial charge in [0.05, 0.1) is 5.02 Å². The fourth-order valence-corrected chi connectivity index (χ4v) is 3.63. The van der Waals surface area contributed by atoms with Crippen LogP contribution in [0.15, 0.2) is 46.9 Å². The van der Waals surface area contributed by atoms with Crippen LogP contribution in [0.5, 0.6) is 5.75 Å². The number of nitrogens with one attached hydrogen (secondary N) is 1. The second-order valence-electron chi connectivity index (χ2n) is 7.13. The van der Waals surface area contributed by atoms with E-state index in [-0.39, 0.29) is 18.4 Å². The van der Waals surface area contributed by atoms with Gasteiger partial charge in [-0.3, -0.25) is 9.59 Å². The highest BCUT2D eigenvalue weighted by atomic mass is 79.9. The first-order valence-corrected chi connectivity index (χ1v) is 11.2.